The maximum atomic E-state index is 12.9. The van der Waals surface area contributed by atoms with E-state index in [9.17, 15) is 9.59 Å². The van der Waals surface area contributed by atoms with E-state index in [-0.39, 0.29) is 17.9 Å². The molecule has 1 fully saturated rings. The first kappa shape index (κ1) is 18.0. The van der Waals surface area contributed by atoms with E-state index in [2.05, 4.69) is 26.0 Å². The van der Waals surface area contributed by atoms with Crippen molar-refractivity contribution >= 4 is 11.9 Å². The second-order valence-corrected chi connectivity index (χ2v) is 8.73. The Labute approximate surface area is 166 Å². The highest BCUT2D eigenvalue weighted by molar-refractivity contribution is 5.99. The van der Waals surface area contributed by atoms with Gasteiger partial charge in [-0.15, -0.1) is 0 Å². The number of esters is 2. The van der Waals surface area contributed by atoms with Crippen molar-refractivity contribution < 1.29 is 19.1 Å². The average Bonchev–Trinajstić information content (AvgIpc) is 3.19. The molecule has 1 spiro atoms. The van der Waals surface area contributed by atoms with Gasteiger partial charge in [-0.1, -0.05) is 38.8 Å². The van der Waals surface area contributed by atoms with Gasteiger partial charge in [0, 0.05) is 17.4 Å². The highest BCUT2D eigenvalue weighted by Gasteiger charge is 2.71. The molecule has 0 bridgehead atoms. The molecule has 5 rings (SSSR count). The summed E-state index contributed by atoms with van der Waals surface area (Å²) in [6.45, 7) is 4.32. The molecule has 4 nitrogen and oxygen atoms in total. The number of carbonyl (C=O) groups excluding carboxylic acids is 2. The van der Waals surface area contributed by atoms with Gasteiger partial charge in [0.15, 0.2) is 0 Å². The SMILES string of the molecule is CCCC=C1OC(=O)C2=C1CCC1[C@@H]2[C@@]2(OC(=O)C3=C2CCC=C3)[C@H]1CCC. The molecule has 2 aliphatic heterocycles. The van der Waals surface area contributed by atoms with Crippen LogP contribution >= 0.6 is 0 Å². The molecule has 1 saturated carbocycles. The van der Waals surface area contributed by atoms with Gasteiger partial charge in [-0.25, -0.2) is 9.59 Å². The lowest BCUT2D eigenvalue weighted by Gasteiger charge is -2.61. The van der Waals surface area contributed by atoms with Crippen molar-refractivity contribution in [3.05, 3.63) is 46.3 Å². The molecule has 0 saturated heterocycles. The second kappa shape index (κ2) is 6.47. The van der Waals surface area contributed by atoms with Crippen LogP contribution in [-0.2, 0) is 19.1 Å². The molecule has 1 unspecified atom stereocenters. The summed E-state index contributed by atoms with van der Waals surface area (Å²) >= 11 is 0. The van der Waals surface area contributed by atoms with Crippen LogP contribution < -0.4 is 0 Å². The van der Waals surface area contributed by atoms with E-state index in [0.29, 0.717) is 11.8 Å². The third kappa shape index (κ3) is 2.18. The van der Waals surface area contributed by atoms with Gasteiger partial charge in [0.25, 0.3) is 0 Å². The van der Waals surface area contributed by atoms with Crippen LogP contribution in [-0.4, -0.2) is 17.5 Å². The lowest BCUT2D eigenvalue weighted by atomic mass is 9.44. The maximum absolute atomic E-state index is 12.9. The number of carbonyl (C=O) groups is 2. The van der Waals surface area contributed by atoms with Gasteiger partial charge in [-0.05, 0) is 56.1 Å². The third-order valence-corrected chi connectivity index (χ3v) is 7.38. The standard InChI is InChI=1S/C24H28O4/c1-3-5-11-19-16-13-12-14-17(8-4-2)24(21(14)20(16)23(26)27-19)18-10-7-6-9-15(18)22(25)28-24/h6,9,11,14,17,21H,3-5,7-8,10,12-13H2,1-2H3/t14?,17-,21-,24+/m0/s1. The Morgan fingerprint density at radius 1 is 1.18 bits per heavy atom. The predicted molar refractivity (Wildman–Crippen MR) is 105 cm³/mol. The van der Waals surface area contributed by atoms with E-state index < -0.39 is 5.60 Å². The van der Waals surface area contributed by atoms with Crippen LogP contribution in [0.1, 0.15) is 65.2 Å². The molecular weight excluding hydrogens is 352 g/mol. The molecule has 28 heavy (non-hydrogen) atoms. The molecule has 2 heterocycles. The number of cyclic esters (lactones) is 1. The van der Waals surface area contributed by atoms with Crippen molar-refractivity contribution in [2.24, 2.45) is 17.8 Å². The number of allylic oxidation sites excluding steroid dienone is 3. The largest absolute Gasteiger partial charge is 0.450 e. The van der Waals surface area contributed by atoms with E-state index in [0.717, 1.165) is 79.4 Å². The van der Waals surface area contributed by atoms with Crippen LogP contribution in [0.4, 0.5) is 0 Å². The Hall–Kier alpha value is -2.10. The van der Waals surface area contributed by atoms with Crippen LogP contribution in [0, 0.1) is 17.8 Å². The summed E-state index contributed by atoms with van der Waals surface area (Å²) in [5.41, 5.74) is 3.16. The Kier molecular flexibility index (Phi) is 4.15. The molecule has 4 atom stereocenters. The molecule has 0 amide bonds. The zero-order valence-electron chi connectivity index (χ0n) is 16.8. The number of unbranched alkanes of at least 4 members (excludes halogenated alkanes) is 1. The molecule has 0 aromatic carbocycles. The van der Waals surface area contributed by atoms with Crippen LogP contribution in [0.3, 0.4) is 0 Å². The summed E-state index contributed by atoms with van der Waals surface area (Å²) in [6.07, 6.45) is 13.8. The summed E-state index contributed by atoms with van der Waals surface area (Å²) in [5, 5.41) is 0. The van der Waals surface area contributed by atoms with Crippen molar-refractivity contribution in [3.8, 4) is 0 Å². The fourth-order valence-corrected chi connectivity index (χ4v) is 6.39. The number of ether oxygens (including phenoxy) is 2. The van der Waals surface area contributed by atoms with Crippen LogP contribution in [0.15, 0.2) is 46.3 Å². The quantitative estimate of drug-likeness (QED) is 0.650. The summed E-state index contributed by atoms with van der Waals surface area (Å²) in [6, 6.07) is 0. The highest BCUT2D eigenvalue weighted by Crippen LogP contribution is 2.68. The lowest BCUT2D eigenvalue weighted by molar-refractivity contribution is -0.197. The van der Waals surface area contributed by atoms with Crippen LogP contribution in [0.2, 0.25) is 0 Å². The van der Waals surface area contributed by atoms with Gasteiger partial charge in [-0.2, -0.15) is 0 Å². The summed E-state index contributed by atoms with van der Waals surface area (Å²) in [5.74, 6) is 1.04. The average molecular weight is 380 g/mol. The minimum absolute atomic E-state index is 0.0317. The van der Waals surface area contributed by atoms with Crippen molar-refractivity contribution in [3.63, 3.8) is 0 Å². The summed E-state index contributed by atoms with van der Waals surface area (Å²) in [7, 11) is 0. The number of fused-ring (bicyclic) bond motifs is 4. The fourth-order valence-electron chi connectivity index (χ4n) is 6.39. The lowest BCUT2D eigenvalue weighted by Crippen LogP contribution is -2.65. The minimum atomic E-state index is -0.613. The summed E-state index contributed by atoms with van der Waals surface area (Å²) < 4.78 is 11.9. The monoisotopic (exact) mass is 380 g/mol. The van der Waals surface area contributed by atoms with Gasteiger partial charge in [0.2, 0.25) is 0 Å². The topological polar surface area (TPSA) is 52.6 Å². The maximum Gasteiger partial charge on any atom is 0.340 e. The molecule has 148 valence electrons. The van der Waals surface area contributed by atoms with Gasteiger partial charge in [-0.3, -0.25) is 0 Å². The molecule has 0 N–H and O–H groups in total. The van der Waals surface area contributed by atoms with Crippen molar-refractivity contribution in [1.29, 1.82) is 0 Å². The van der Waals surface area contributed by atoms with Crippen LogP contribution in [0.25, 0.3) is 0 Å². The van der Waals surface area contributed by atoms with E-state index >= 15 is 0 Å². The number of hydrogen-bond acceptors (Lipinski definition) is 4. The third-order valence-electron chi connectivity index (χ3n) is 7.38. The number of hydrogen-bond donors (Lipinski definition) is 0. The molecule has 0 aromatic rings. The van der Waals surface area contributed by atoms with Gasteiger partial charge in [0.05, 0.1) is 11.1 Å². The zero-order valence-corrected chi connectivity index (χ0v) is 16.8. The first-order valence-electron chi connectivity index (χ1n) is 10.9. The molecule has 4 heteroatoms. The number of rotatable bonds is 4. The van der Waals surface area contributed by atoms with E-state index in [1.807, 2.05) is 6.08 Å². The second-order valence-electron chi connectivity index (χ2n) is 8.73. The van der Waals surface area contributed by atoms with Crippen molar-refractivity contribution in [1.82, 2.24) is 0 Å². The fraction of sp³-hybridized carbons (Fsp3) is 0.583. The molecule has 3 aliphatic carbocycles. The smallest absolute Gasteiger partial charge is 0.340 e. The normalized spacial score (nSPS) is 37.1. The van der Waals surface area contributed by atoms with Gasteiger partial charge in [0.1, 0.15) is 11.4 Å². The Bertz CT molecular complexity index is 871. The van der Waals surface area contributed by atoms with E-state index in [1.165, 1.54) is 0 Å². The van der Waals surface area contributed by atoms with Crippen molar-refractivity contribution in [2.75, 3.05) is 0 Å². The molecule has 0 aromatic heterocycles. The van der Waals surface area contributed by atoms with Crippen LogP contribution in [0.5, 0.6) is 0 Å². The Balaban J connectivity index is 1.63. The first-order valence-corrected chi connectivity index (χ1v) is 10.9. The molecule has 0 radical (unpaired) electrons. The van der Waals surface area contributed by atoms with E-state index in [1.54, 1.807) is 0 Å². The Morgan fingerprint density at radius 2 is 2.04 bits per heavy atom. The van der Waals surface area contributed by atoms with E-state index in [4.69, 9.17) is 9.47 Å². The first-order chi connectivity index (χ1) is 13.6. The molecule has 5 aliphatic rings. The van der Waals surface area contributed by atoms with Gasteiger partial charge >= 0.3 is 11.9 Å². The molecular formula is C24H28O4. The van der Waals surface area contributed by atoms with Gasteiger partial charge < -0.3 is 9.47 Å². The van der Waals surface area contributed by atoms with Crippen molar-refractivity contribution in [2.45, 2.75) is 70.8 Å². The highest BCUT2D eigenvalue weighted by atomic mass is 16.6. The summed E-state index contributed by atoms with van der Waals surface area (Å²) in [4.78, 5) is 25.7. The minimum Gasteiger partial charge on any atom is -0.450 e. The zero-order chi connectivity index (χ0) is 19.5. The predicted octanol–water partition coefficient (Wildman–Crippen LogP) is 4.92. The Morgan fingerprint density at radius 3 is 2.82 bits per heavy atom.